The van der Waals surface area contributed by atoms with E-state index in [9.17, 15) is 16.8 Å². The molecule has 2 N–H and O–H groups in total. The van der Waals surface area contributed by atoms with Crippen LogP contribution in [0.15, 0.2) is 18.2 Å². The molecule has 5 nitrogen and oxygen atoms in total. The molecular weight excluding hydrogens is 298 g/mol. The Morgan fingerprint density at radius 2 is 1.50 bits per heavy atom. The Morgan fingerprint density at radius 3 is 1.95 bits per heavy atom. The maximum Gasteiger partial charge on any atom is 0.153 e. The molecule has 0 radical (unpaired) electrons. The van der Waals surface area contributed by atoms with Crippen LogP contribution in [-0.2, 0) is 19.7 Å². The molecule has 1 aromatic rings. The molecule has 20 heavy (non-hydrogen) atoms. The summed E-state index contributed by atoms with van der Waals surface area (Å²) in [5.41, 5.74) is 8.72. The Kier molecular flexibility index (Phi) is 5.34. The van der Waals surface area contributed by atoms with Crippen molar-refractivity contribution < 1.29 is 16.8 Å². The van der Waals surface area contributed by atoms with Gasteiger partial charge in [0.05, 0.1) is 17.3 Å². The fourth-order valence-corrected chi connectivity index (χ4v) is 5.09. The Morgan fingerprint density at radius 1 is 1.00 bits per heavy atom. The highest BCUT2D eigenvalue weighted by atomic mass is 32.2. The molecule has 0 saturated heterocycles. The van der Waals surface area contributed by atoms with Gasteiger partial charge in [-0.2, -0.15) is 0 Å². The van der Waals surface area contributed by atoms with Crippen molar-refractivity contribution in [1.82, 2.24) is 0 Å². The average molecular weight is 319 g/mol. The van der Waals surface area contributed by atoms with E-state index in [-0.39, 0.29) is 17.3 Å². The number of hydrogen-bond donors (Lipinski definition) is 1. The van der Waals surface area contributed by atoms with Gasteiger partial charge >= 0.3 is 0 Å². The normalized spacial score (nSPS) is 14.2. The third kappa shape index (κ3) is 6.02. The van der Waals surface area contributed by atoms with Crippen LogP contribution in [0.2, 0.25) is 0 Å². The quantitative estimate of drug-likeness (QED) is 0.835. The largest absolute Gasteiger partial charge is 0.323 e. The van der Waals surface area contributed by atoms with E-state index in [0.717, 1.165) is 22.9 Å². The lowest BCUT2D eigenvalue weighted by atomic mass is 10.0. The monoisotopic (exact) mass is 319 g/mol. The molecule has 0 aliphatic heterocycles. The Balaban J connectivity index is 2.81. The van der Waals surface area contributed by atoms with Crippen LogP contribution >= 0.6 is 0 Å². The molecule has 0 bridgehead atoms. The average Bonchev–Trinajstić information content (AvgIpc) is 2.24. The minimum atomic E-state index is -3.49. The summed E-state index contributed by atoms with van der Waals surface area (Å²) in [6, 6.07) is 5.04. The van der Waals surface area contributed by atoms with Crippen molar-refractivity contribution in [1.29, 1.82) is 0 Å². The number of aryl methyl sites for hydroxylation is 2. The van der Waals surface area contributed by atoms with E-state index < -0.39 is 25.7 Å². The van der Waals surface area contributed by atoms with Crippen LogP contribution in [0.1, 0.15) is 22.7 Å². The van der Waals surface area contributed by atoms with Gasteiger partial charge in [-0.15, -0.1) is 0 Å². The second kappa shape index (κ2) is 6.24. The Bertz CT molecular complexity index is 658. The smallest absolute Gasteiger partial charge is 0.153 e. The predicted octanol–water partition coefficient (Wildman–Crippen LogP) is 0.763. The summed E-state index contributed by atoms with van der Waals surface area (Å²) < 4.78 is 45.8. The number of hydrogen-bond acceptors (Lipinski definition) is 5. The molecule has 0 amide bonds. The third-order valence-electron chi connectivity index (χ3n) is 2.87. The number of rotatable bonds is 6. The summed E-state index contributed by atoms with van der Waals surface area (Å²) in [5, 5.41) is 0. The van der Waals surface area contributed by atoms with Gasteiger partial charge in [-0.3, -0.25) is 0 Å². The molecule has 0 saturated carbocycles. The van der Waals surface area contributed by atoms with E-state index in [1.807, 2.05) is 32.0 Å². The van der Waals surface area contributed by atoms with Crippen molar-refractivity contribution in [2.24, 2.45) is 5.73 Å². The second-order valence-corrected chi connectivity index (χ2v) is 9.76. The summed E-state index contributed by atoms with van der Waals surface area (Å²) in [6.07, 6.45) is 1.02. The molecule has 0 heterocycles. The van der Waals surface area contributed by atoms with Gasteiger partial charge < -0.3 is 5.73 Å². The molecule has 7 heteroatoms. The zero-order valence-corrected chi connectivity index (χ0v) is 13.6. The highest BCUT2D eigenvalue weighted by Gasteiger charge is 2.20. The predicted molar refractivity (Wildman–Crippen MR) is 81.2 cm³/mol. The maximum absolute atomic E-state index is 11.9. The van der Waals surface area contributed by atoms with Crippen molar-refractivity contribution in [3.05, 3.63) is 34.9 Å². The van der Waals surface area contributed by atoms with E-state index in [0.29, 0.717) is 0 Å². The standard InChI is InChI=1S/C13H21NO4S2/c1-10-6-11(2)8-12(7-10)13(14)9-20(17,18)5-4-19(3,15)16/h6-8,13H,4-5,9,14H2,1-3H3. The van der Waals surface area contributed by atoms with Crippen LogP contribution in [0, 0.1) is 13.8 Å². The van der Waals surface area contributed by atoms with Gasteiger partial charge in [-0.25, -0.2) is 16.8 Å². The van der Waals surface area contributed by atoms with Crippen LogP contribution in [0.4, 0.5) is 0 Å². The van der Waals surface area contributed by atoms with E-state index in [1.165, 1.54) is 0 Å². The number of nitrogens with two attached hydrogens (primary N) is 1. The van der Waals surface area contributed by atoms with Crippen molar-refractivity contribution in [2.75, 3.05) is 23.5 Å². The second-order valence-electron chi connectivity index (χ2n) is 5.27. The molecule has 0 aliphatic carbocycles. The van der Waals surface area contributed by atoms with Crippen LogP contribution in [-0.4, -0.2) is 40.3 Å². The highest BCUT2D eigenvalue weighted by Crippen LogP contribution is 2.17. The van der Waals surface area contributed by atoms with E-state index in [2.05, 4.69) is 0 Å². The lowest BCUT2D eigenvalue weighted by molar-refractivity contribution is 0.585. The van der Waals surface area contributed by atoms with Crippen LogP contribution in [0.25, 0.3) is 0 Å². The van der Waals surface area contributed by atoms with Gasteiger partial charge in [-0.05, 0) is 19.4 Å². The third-order valence-corrected chi connectivity index (χ3v) is 5.77. The topological polar surface area (TPSA) is 94.3 Å². The summed E-state index contributed by atoms with van der Waals surface area (Å²) in [6.45, 7) is 3.84. The van der Waals surface area contributed by atoms with Crippen molar-refractivity contribution in [3.8, 4) is 0 Å². The minimum absolute atomic E-state index is 0.245. The molecule has 1 aromatic carbocycles. The highest BCUT2D eigenvalue weighted by molar-refractivity contribution is 7.94. The maximum atomic E-state index is 11.9. The van der Waals surface area contributed by atoms with Crippen molar-refractivity contribution >= 4 is 19.7 Å². The Hall–Kier alpha value is -0.920. The van der Waals surface area contributed by atoms with Gasteiger partial charge in [0.25, 0.3) is 0 Å². The molecule has 1 atom stereocenters. The van der Waals surface area contributed by atoms with Gasteiger partial charge in [0.15, 0.2) is 9.84 Å². The van der Waals surface area contributed by atoms with E-state index >= 15 is 0 Å². The molecule has 0 fully saturated rings. The van der Waals surface area contributed by atoms with Gasteiger partial charge in [-0.1, -0.05) is 29.3 Å². The molecule has 0 spiro atoms. The molecule has 0 aromatic heterocycles. The zero-order valence-electron chi connectivity index (χ0n) is 12.0. The minimum Gasteiger partial charge on any atom is -0.323 e. The van der Waals surface area contributed by atoms with Crippen LogP contribution in [0.3, 0.4) is 0 Å². The summed E-state index contributed by atoms with van der Waals surface area (Å²) >= 11 is 0. The van der Waals surface area contributed by atoms with E-state index in [1.54, 1.807) is 0 Å². The van der Waals surface area contributed by atoms with Crippen molar-refractivity contribution in [2.45, 2.75) is 19.9 Å². The lowest BCUT2D eigenvalue weighted by Gasteiger charge is -2.14. The molecule has 1 rings (SSSR count). The van der Waals surface area contributed by atoms with Gasteiger partial charge in [0, 0.05) is 12.3 Å². The summed E-state index contributed by atoms with van der Waals surface area (Å²) in [7, 11) is -6.78. The molecule has 0 aliphatic rings. The first-order valence-corrected chi connectivity index (χ1v) is 10.1. The van der Waals surface area contributed by atoms with Crippen LogP contribution in [0.5, 0.6) is 0 Å². The number of benzene rings is 1. The lowest BCUT2D eigenvalue weighted by Crippen LogP contribution is -2.26. The summed E-state index contributed by atoms with van der Waals surface area (Å²) in [5.74, 6) is -0.995. The number of sulfone groups is 2. The van der Waals surface area contributed by atoms with Crippen LogP contribution < -0.4 is 5.73 Å². The fraction of sp³-hybridized carbons (Fsp3) is 0.538. The molecule has 1 unspecified atom stereocenters. The first-order valence-electron chi connectivity index (χ1n) is 6.20. The zero-order chi connectivity index (χ0) is 15.6. The van der Waals surface area contributed by atoms with Gasteiger partial charge in [0.1, 0.15) is 9.84 Å². The molecule has 114 valence electrons. The first-order chi connectivity index (χ1) is 8.98. The van der Waals surface area contributed by atoms with Crippen molar-refractivity contribution in [3.63, 3.8) is 0 Å². The first kappa shape index (κ1) is 17.1. The van der Waals surface area contributed by atoms with E-state index in [4.69, 9.17) is 5.73 Å². The van der Waals surface area contributed by atoms with Gasteiger partial charge in [0.2, 0.25) is 0 Å². The SMILES string of the molecule is Cc1cc(C)cc(C(N)CS(=O)(=O)CCS(C)(=O)=O)c1. The summed E-state index contributed by atoms with van der Waals surface area (Å²) in [4.78, 5) is 0. The molecular formula is C13H21NO4S2. The fourth-order valence-electron chi connectivity index (χ4n) is 1.96. The Labute approximate surface area is 121 Å².